The molecule has 1 fully saturated rings. The molecule has 10 nitrogen and oxygen atoms in total. The maximum atomic E-state index is 12.2. The van der Waals surface area contributed by atoms with Crippen LogP contribution in [0.2, 0.25) is 0 Å². The van der Waals surface area contributed by atoms with Crippen molar-refractivity contribution >= 4 is 22.9 Å². The number of hydrogen-bond acceptors (Lipinski definition) is 8. The molecule has 1 aliphatic rings. The van der Waals surface area contributed by atoms with Gasteiger partial charge in [0.15, 0.2) is 23.2 Å². The number of carbonyl (C=O) groups is 1. The van der Waals surface area contributed by atoms with Crippen molar-refractivity contribution in [3.8, 4) is 0 Å². The van der Waals surface area contributed by atoms with Crippen LogP contribution >= 0.6 is 0 Å². The molecule has 0 unspecified atom stereocenters. The maximum Gasteiger partial charge on any atom is 0.275 e. The van der Waals surface area contributed by atoms with E-state index in [0.29, 0.717) is 0 Å². The summed E-state index contributed by atoms with van der Waals surface area (Å²) in [5.74, 6) is -1.16. The van der Waals surface area contributed by atoms with E-state index in [1.807, 2.05) is 13.8 Å². The van der Waals surface area contributed by atoms with Crippen LogP contribution in [0.25, 0.3) is 11.2 Å². The number of imidazole rings is 1. The molecule has 0 bridgehead atoms. The molecule has 3 rings (SSSR count). The van der Waals surface area contributed by atoms with Gasteiger partial charge < -0.3 is 25.0 Å². The summed E-state index contributed by atoms with van der Waals surface area (Å²) in [4.78, 5) is 23.5. The fourth-order valence-electron chi connectivity index (χ4n) is 2.77. The Morgan fingerprint density at radius 2 is 2.11 bits per heavy atom. The van der Waals surface area contributed by atoms with E-state index in [2.05, 4.69) is 20.3 Å². The molecule has 1 amide bonds. The van der Waals surface area contributed by atoms with Crippen LogP contribution in [0.5, 0.6) is 0 Å². The fraction of sp³-hybridized carbons (Fsp3) is 0.500. The van der Waals surface area contributed by atoms with Gasteiger partial charge in [-0.05, 0) is 13.8 Å². The number of amides is 1. The van der Waals surface area contributed by atoms with Crippen molar-refractivity contribution in [3.63, 3.8) is 0 Å². The first-order valence-electron chi connectivity index (χ1n) is 8.42. The average molecular weight is 399 g/mol. The summed E-state index contributed by atoms with van der Waals surface area (Å²) in [5.41, 5.74) is 0.285. The number of hydrogen-bond donors (Lipinski definition) is 3. The van der Waals surface area contributed by atoms with Gasteiger partial charge >= 0.3 is 0 Å². The van der Waals surface area contributed by atoms with Crippen molar-refractivity contribution in [1.29, 1.82) is 0 Å². The molecule has 2 aromatic heterocycles. The molecule has 3 heterocycles. The lowest BCUT2D eigenvalue weighted by Crippen LogP contribution is -2.34. The fourth-order valence-corrected chi connectivity index (χ4v) is 2.77. The highest BCUT2D eigenvalue weighted by molar-refractivity contribution is 6.02. The Morgan fingerprint density at radius 1 is 1.36 bits per heavy atom. The number of anilines is 1. The van der Waals surface area contributed by atoms with Crippen LogP contribution in [0.15, 0.2) is 24.8 Å². The summed E-state index contributed by atoms with van der Waals surface area (Å²) < 4.78 is 36.9. The molecule has 1 saturated heterocycles. The highest BCUT2D eigenvalue weighted by Crippen LogP contribution is 2.32. The van der Waals surface area contributed by atoms with Crippen LogP contribution in [0.1, 0.15) is 20.1 Å². The summed E-state index contributed by atoms with van der Waals surface area (Å²) >= 11 is 0. The first-order valence-corrected chi connectivity index (χ1v) is 8.42. The lowest BCUT2D eigenvalue weighted by molar-refractivity contribution is -0.112. The molecule has 3 N–H and O–H groups in total. The van der Waals surface area contributed by atoms with E-state index in [-0.39, 0.29) is 35.8 Å². The first kappa shape index (κ1) is 20.2. The second-order valence-electron chi connectivity index (χ2n) is 6.40. The van der Waals surface area contributed by atoms with E-state index in [0.717, 1.165) is 6.33 Å². The van der Waals surface area contributed by atoms with E-state index in [1.54, 1.807) is 0 Å². The molecule has 12 heteroatoms. The van der Waals surface area contributed by atoms with Gasteiger partial charge in [0.25, 0.3) is 12.0 Å². The smallest absolute Gasteiger partial charge is 0.275 e. The highest BCUT2D eigenvalue weighted by Gasteiger charge is 2.44. The molecular formula is C16H19F2N5O5. The second kappa shape index (κ2) is 8.22. The zero-order valence-corrected chi connectivity index (χ0v) is 15.0. The van der Waals surface area contributed by atoms with Crippen LogP contribution in [-0.4, -0.2) is 66.7 Å². The van der Waals surface area contributed by atoms with Gasteiger partial charge in [-0.3, -0.25) is 9.36 Å². The Bertz CT molecular complexity index is 885. The van der Waals surface area contributed by atoms with Crippen LogP contribution < -0.4 is 5.32 Å². The molecule has 28 heavy (non-hydrogen) atoms. The largest absolute Gasteiger partial charge is 0.387 e. The summed E-state index contributed by atoms with van der Waals surface area (Å²) in [7, 11) is 0. The molecule has 1 aliphatic heterocycles. The van der Waals surface area contributed by atoms with E-state index in [9.17, 15) is 23.8 Å². The monoisotopic (exact) mass is 399 g/mol. The number of nitrogens with one attached hydrogen (secondary N) is 1. The number of halogens is 2. The van der Waals surface area contributed by atoms with E-state index < -0.39 is 36.5 Å². The molecule has 4 atom stereocenters. The van der Waals surface area contributed by atoms with Crippen LogP contribution in [-0.2, 0) is 14.3 Å². The number of nitrogens with zero attached hydrogens (tertiary/aromatic N) is 4. The van der Waals surface area contributed by atoms with Crippen LogP contribution in [0.4, 0.5) is 14.6 Å². The molecule has 152 valence electrons. The highest BCUT2D eigenvalue weighted by atomic mass is 19.3. The molecule has 0 radical (unpaired) electrons. The van der Waals surface area contributed by atoms with E-state index in [4.69, 9.17) is 9.47 Å². The van der Waals surface area contributed by atoms with Crippen molar-refractivity contribution in [2.45, 2.75) is 44.5 Å². The predicted molar refractivity (Wildman–Crippen MR) is 91.3 cm³/mol. The number of fused-ring (bicyclic) bond motifs is 1. The Morgan fingerprint density at radius 3 is 2.79 bits per heavy atom. The minimum atomic E-state index is -2.15. The van der Waals surface area contributed by atoms with Crippen LogP contribution in [0, 0.1) is 0 Å². The third kappa shape index (κ3) is 4.14. The van der Waals surface area contributed by atoms with Gasteiger partial charge in [-0.1, -0.05) is 0 Å². The number of aliphatic hydroxyl groups excluding tert-OH is 2. The quantitative estimate of drug-likeness (QED) is 0.602. The van der Waals surface area contributed by atoms with Crippen molar-refractivity contribution in [2.75, 3.05) is 11.9 Å². The Balaban J connectivity index is 1.85. The number of rotatable bonds is 6. The number of carbonyl (C=O) groups excluding carboxylic acids is 1. The summed E-state index contributed by atoms with van der Waals surface area (Å²) in [6.45, 7) is 3.74. The topological polar surface area (TPSA) is 132 Å². The summed E-state index contributed by atoms with van der Waals surface area (Å²) in [6, 6.07) is 0. The van der Waals surface area contributed by atoms with Gasteiger partial charge in [-0.15, -0.1) is 0 Å². The van der Waals surface area contributed by atoms with Crippen molar-refractivity contribution < 1.29 is 33.3 Å². The Labute approximate surface area is 157 Å². The zero-order chi connectivity index (χ0) is 20.4. The molecular weight excluding hydrogens is 380 g/mol. The molecule has 0 aromatic carbocycles. The zero-order valence-electron chi connectivity index (χ0n) is 15.0. The van der Waals surface area contributed by atoms with Gasteiger partial charge in [0.1, 0.15) is 24.6 Å². The third-order valence-electron chi connectivity index (χ3n) is 4.05. The Kier molecular flexibility index (Phi) is 5.93. The summed E-state index contributed by atoms with van der Waals surface area (Å²) in [5, 5.41) is 22.8. The van der Waals surface area contributed by atoms with Gasteiger partial charge in [0.2, 0.25) is 0 Å². The maximum absolute atomic E-state index is 12.2. The predicted octanol–water partition coefficient (Wildman–Crippen LogP) is 0.589. The minimum Gasteiger partial charge on any atom is -0.387 e. The molecule has 0 spiro atoms. The Hall–Kier alpha value is -2.54. The molecule has 2 aromatic rings. The number of aliphatic hydroxyl groups is 2. The second-order valence-corrected chi connectivity index (χ2v) is 6.40. The van der Waals surface area contributed by atoms with Crippen molar-refractivity contribution in [3.05, 3.63) is 24.8 Å². The van der Waals surface area contributed by atoms with Gasteiger partial charge in [0.05, 0.1) is 25.1 Å². The van der Waals surface area contributed by atoms with Crippen LogP contribution in [0.3, 0.4) is 0 Å². The standard InChI is InChI=1S/C16H19F2N5O5/c1-7(2)27-4-8-12(25)13(26)16(28-8)23-6-21-11-14(19-5-20-15(11)23)22-10(24)3-9(17)18/h3,5-8,12-13,16,25-26H,4H2,1-2H3,(H,19,20,22,24)/t8-,12-,13-,16-/m1/s1. The van der Waals surface area contributed by atoms with E-state index in [1.165, 1.54) is 10.9 Å². The lowest BCUT2D eigenvalue weighted by Gasteiger charge is -2.17. The number of aromatic nitrogens is 4. The third-order valence-corrected chi connectivity index (χ3v) is 4.05. The lowest BCUT2D eigenvalue weighted by atomic mass is 10.1. The van der Waals surface area contributed by atoms with Gasteiger partial charge in [-0.2, -0.15) is 8.78 Å². The van der Waals surface area contributed by atoms with E-state index >= 15 is 0 Å². The first-order chi connectivity index (χ1) is 13.3. The van der Waals surface area contributed by atoms with Gasteiger partial charge in [-0.25, -0.2) is 15.0 Å². The average Bonchev–Trinajstić information content (AvgIpc) is 3.15. The number of ether oxygens (including phenoxy) is 2. The van der Waals surface area contributed by atoms with Crippen molar-refractivity contribution in [2.24, 2.45) is 0 Å². The normalized spacial score (nSPS) is 24.7. The SMILES string of the molecule is CC(C)OC[C@H]1O[C@@H](n2cnc3c(NC(=O)C=C(F)F)ncnc32)[C@H](O)[C@@H]1O. The molecule has 0 saturated carbocycles. The summed E-state index contributed by atoms with van der Waals surface area (Å²) in [6.07, 6.45) is -3.99. The van der Waals surface area contributed by atoms with Crippen molar-refractivity contribution in [1.82, 2.24) is 19.5 Å². The minimum absolute atomic E-state index is 0.0798. The molecule has 0 aliphatic carbocycles. The van der Waals surface area contributed by atoms with Gasteiger partial charge in [0, 0.05) is 0 Å².